The van der Waals surface area contributed by atoms with E-state index in [1.54, 1.807) is 29.6 Å². The fourth-order valence-corrected chi connectivity index (χ4v) is 8.28. The van der Waals surface area contributed by atoms with Crippen LogP contribution in [0.2, 0.25) is 0 Å². The summed E-state index contributed by atoms with van der Waals surface area (Å²) in [4.78, 5) is 44.1. The minimum absolute atomic E-state index is 0.0107. The zero-order valence-electron chi connectivity index (χ0n) is 22.3. The molecule has 11 heteroatoms. The van der Waals surface area contributed by atoms with Crippen molar-refractivity contribution in [3.63, 3.8) is 0 Å². The second-order valence-corrected chi connectivity index (χ2v) is 13.6. The molecular weight excluding hydrogens is 536 g/mol. The summed E-state index contributed by atoms with van der Waals surface area (Å²) in [7, 11) is -3.94. The minimum atomic E-state index is -3.94. The Kier molecular flexibility index (Phi) is 8.51. The maximum Gasteiger partial charge on any atom is 0.250 e. The Morgan fingerprint density at radius 2 is 1.77 bits per heavy atom. The van der Waals surface area contributed by atoms with Gasteiger partial charge in [-0.25, -0.2) is 8.42 Å². The van der Waals surface area contributed by atoms with Crippen LogP contribution in [0.15, 0.2) is 39.9 Å². The van der Waals surface area contributed by atoms with Crippen LogP contribution in [0.1, 0.15) is 55.8 Å². The van der Waals surface area contributed by atoms with E-state index in [9.17, 15) is 22.8 Å². The number of sulfonamides is 1. The third-order valence-corrected chi connectivity index (χ3v) is 10.9. The number of benzene rings is 1. The summed E-state index contributed by atoms with van der Waals surface area (Å²) in [6.07, 6.45) is 5.39. The molecule has 1 N–H and O–H groups in total. The number of carbonyl (C=O) groups excluding carboxylic acids is 3. The molecule has 3 aliphatic rings. The number of likely N-dealkylation sites (tertiary alicyclic amines) is 3. The summed E-state index contributed by atoms with van der Waals surface area (Å²) in [5, 5.41) is 1.73. The Morgan fingerprint density at radius 1 is 1.00 bits per heavy atom. The molecule has 2 atom stereocenters. The number of ketones is 1. The van der Waals surface area contributed by atoms with Crippen molar-refractivity contribution in [2.24, 2.45) is 0 Å². The molecule has 39 heavy (non-hydrogen) atoms. The lowest BCUT2D eigenvalue weighted by atomic mass is 10.0. The second-order valence-electron chi connectivity index (χ2n) is 10.8. The van der Waals surface area contributed by atoms with Gasteiger partial charge in [-0.1, -0.05) is 18.2 Å². The highest BCUT2D eigenvalue weighted by atomic mass is 32.2. The van der Waals surface area contributed by atoms with E-state index in [0.717, 1.165) is 49.4 Å². The number of thiophene rings is 1. The summed E-state index contributed by atoms with van der Waals surface area (Å²) in [5.74, 6) is -0.462. The number of hydrogen-bond acceptors (Lipinski definition) is 7. The normalized spacial score (nSPS) is 22.5. The van der Waals surface area contributed by atoms with Gasteiger partial charge < -0.3 is 14.7 Å². The molecule has 2 unspecified atom stereocenters. The molecule has 0 radical (unpaired) electrons. The van der Waals surface area contributed by atoms with Crippen molar-refractivity contribution < 1.29 is 22.8 Å². The monoisotopic (exact) mass is 572 g/mol. The first-order chi connectivity index (χ1) is 18.7. The van der Waals surface area contributed by atoms with E-state index in [0.29, 0.717) is 37.1 Å². The van der Waals surface area contributed by atoms with Crippen LogP contribution in [0.25, 0.3) is 11.1 Å². The van der Waals surface area contributed by atoms with E-state index in [2.05, 4.69) is 9.62 Å². The van der Waals surface area contributed by atoms with Gasteiger partial charge in [-0.2, -0.15) is 4.72 Å². The molecule has 2 amide bonds. The summed E-state index contributed by atoms with van der Waals surface area (Å²) < 4.78 is 29.1. The number of amides is 2. The van der Waals surface area contributed by atoms with Crippen molar-refractivity contribution in [2.75, 3.05) is 39.3 Å². The standard InChI is InChI=1S/C28H36N4O5S2/c1-20(33)21-7-4-8-22(15-21)23-16-27(38-19-23)39(36,37)29-25-10-6-13-31(28(25)35)18-26(34)32-14-5-9-24(32)17-30-11-2-3-12-30/h4,7-8,15-16,19,24-25,29H,2-3,5-6,9-14,17-18H2,1H3. The van der Waals surface area contributed by atoms with E-state index in [1.807, 2.05) is 11.0 Å². The molecular formula is C28H36N4O5S2. The lowest BCUT2D eigenvalue weighted by molar-refractivity contribution is -0.143. The Morgan fingerprint density at radius 3 is 2.54 bits per heavy atom. The molecule has 5 rings (SSSR count). The minimum Gasteiger partial charge on any atom is -0.337 e. The smallest absolute Gasteiger partial charge is 0.250 e. The van der Waals surface area contributed by atoms with E-state index in [-0.39, 0.29) is 34.4 Å². The lowest BCUT2D eigenvalue weighted by Crippen LogP contribution is -2.55. The van der Waals surface area contributed by atoms with Gasteiger partial charge in [0.2, 0.25) is 11.8 Å². The average molecular weight is 573 g/mol. The quantitative estimate of drug-likeness (QED) is 0.463. The second kappa shape index (κ2) is 11.9. The molecule has 1 aromatic carbocycles. The van der Waals surface area contributed by atoms with Crippen LogP contribution in [0.5, 0.6) is 0 Å². The van der Waals surface area contributed by atoms with Crippen LogP contribution in [-0.4, -0.2) is 92.1 Å². The van der Waals surface area contributed by atoms with Crippen LogP contribution in [0.4, 0.5) is 0 Å². The Hall–Kier alpha value is -2.60. The summed E-state index contributed by atoms with van der Waals surface area (Å²) in [6.45, 7) is 5.70. The fourth-order valence-electron chi connectivity index (χ4n) is 5.85. The van der Waals surface area contributed by atoms with Crippen molar-refractivity contribution in [3.05, 3.63) is 41.3 Å². The first kappa shape index (κ1) is 27.9. The van der Waals surface area contributed by atoms with Crippen molar-refractivity contribution >= 4 is 39.0 Å². The number of Topliss-reactive ketones (excluding diaryl/α,β-unsaturated/α-hetero) is 1. The number of nitrogens with zero attached hydrogens (tertiary/aromatic N) is 3. The third-order valence-electron chi connectivity index (χ3n) is 7.96. The van der Waals surface area contributed by atoms with Gasteiger partial charge in [0.15, 0.2) is 5.78 Å². The number of hydrogen-bond donors (Lipinski definition) is 1. The van der Waals surface area contributed by atoms with E-state index < -0.39 is 16.1 Å². The molecule has 2 aromatic rings. The Bertz CT molecular complexity index is 1330. The maximum absolute atomic E-state index is 13.3. The van der Waals surface area contributed by atoms with Crippen molar-refractivity contribution in [1.29, 1.82) is 0 Å². The van der Waals surface area contributed by atoms with E-state index in [4.69, 9.17) is 0 Å². The number of nitrogens with one attached hydrogen (secondary N) is 1. The summed E-state index contributed by atoms with van der Waals surface area (Å²) in [5.41, 5.74) is 2.00. The molecule has 210 valence electrons. The molecule has 3 fully saturated rings. The molecule has 0 saturated carbocycles. The van der Waals surface area contributed by atoms with Crippen molar-refractivity contribution in [3.8, 4) is 11.1 Å². The largest absolute Gasteiger partial charge is 0.337 e. The molecule has 1 aromatic heterocycles. The average Bonchev–Trinajstić information content (AvgIpc) is 3.69. The van der Waals surface area contributed by atoms with Gasteiger partial charge in [-0.15, -0.1) is 11.3 Å². The molecule has 3 aliphatic heterocycles. The fraction of sp³-hybridized carbons (Fsp3) is 0.536. The molecule has 9 nitrogen and oxygen atoms in total. The van der Waals surface area contributed by atoms with Crippen molar-refractivity contribution in [2.45, 2.75) is 61.7 Å². The van der Waals surface area contributed by atoms with E-state index >= 15 is 0 Å². The predicted octanol–water partition coefficient (Wildman–Crippen LogP) is 2.97. The molecule has 0 bridgehead atoms. The number of carbonyl (C=O) groups is 3. The Balaban J connectivity index is 1.21. The van der Waals surface area contributed by atoms with Gasteiger partial charge in [-0.05, 0) is 87.2 Å². The van der Waals surface area contributed by atoms with Crippen molar-refractivity contribution in [1.82, 2.24) is 19.4 Å². The molecule has 0 aliphatic carbocycles. The van der Waals surface area contributed by atoms with Crippen LogP contribution >= 0.6 is 11.3 Å². The van der Waals surface area contributed by atoms with Crippen LogP contribution in [-0.2, 0) is 19.6 Å². The topological polar surface area (TPSA) is 107 Å². The van der Waals surface area contributed by atoms with Gasteiger partial charge in [0, 0.05) is 31.2 Å². The predicted molar refractivity (Wildman–Crippen MR) is 150 cm³/mol. The Labute approximate surface area is 234 Å². The zero-order chi connectivity index (χ0) is 27.6. The third kappa shape index (κ3) is 6.42. The van der Waals surface area contributed by atoms with Crippen LogP contribution in [0, 0.1) is 0 Å². The van der Waals surface area contributed by atoms with Crippen LogP contribution < -0.4 is 4.72 Å². The zero-order valence-corrected chi connectivity index (χ0v) is 23.9. The van der Waals surface area contributed by atoms with Crippen LogP contribution in [0.3, 0.4) is 0 Å². The first-order valence-electron chi connectivity index (χ1n) is 13.7. The lowest BCUT2D eigenvalue weighted by Gasteiger charge is -2.34. The molecule has 4 heterocycles. The molecule has 3 saturated heterocycles. The molecule has 0 spiro atoms. The van der Waals surface area contributed by atoms with E-state index in [1.165, 1.54) is 24.7 Å². The SMILES string of the molecule is CC(=O)c1cccc(-c2csc(S(=O)(=O)NC3CCCN(CC(=O)N4CCCC4CN4CCCC4)C3=O)c2)c1. The number of rotatable bonds is 9. The first-order valence-corrected chi connectivity index (χ1v) is 16.1. The highest BCUT2D eigenvalue weighted by molar-refractivity contribution is 7.91. The highest BCUT2D eigenvalue weighted by Crippen LogP contribution is 2.30. The highest BCUT2D eigenvalue weighted by Gasteiger charge is 2.36. The number of piperidine rings is 1. The van der Waals surface area contributed by atoms with Gasteiger partial charge in [-0.3, -0.25) is 14.4 Å². The summed E-state index contributed by atoms with van der Waals surface area (Å²) in [6, 6.07) is 7.91. The van der Waals surface area contributed by atoms with Gasteiger partial charge in [0.05, 0.1) is 6.54 Å². The maximum atomic E-state index is 13.3. The van der Waals surface area contributed by atoms with Gasteiger partial charge in [0.1, 0.15) is 10.3 Å². The van der Waals surface area contributed by atoms with Gasteiger partial charge in [0.25, 0.3) is 10.0 Å². The van der Waals surface area contributed by atoms with Gasteiger partial charge >= 0.3 is 0 Å². The summed E-state index contributed by atoms with van der Waals surface area (Å²) >= 11 is 1.07.